The Labute approximate surface area is 148 Å². The molecule has 0 amide bonds. The second-order valence-corrected chi connectivity index (χ2v) is 10.0. The Morgan fingerprint density at radius 1 is 1.08 bits per heavy atom. The zero-order chi connectivity index (χ0) is 17.8. The first-order valence-corrected chi connectivity index (χ1v) is 10.1. The highest BCUT2D eigenvalue weighted by atomic mass is 16.8. The van der Waals surface area contributed by atoms with Gasteiger partial charge in [-0.1, -0.05) is 20.3 Å². The third-order valence-corrected chi connectivity index (χ3v) is 7.44. The Morgan fingerprint density at radius 3 is 2.42 bits per heavy atom. The molecule has 3 heteroatoms. The van der Waals surface area contributed by atoms with Crippen molar-refractivity contribution < 1.29 is 14.6 Å². The van der Waals surface area contributed by atoms with Crippen molar-refractivity contribution in [1.29, 1.82) is 0 Å². The Hall–Kier alpha value is -0.120. The number of ether oxygens (including phenoxy) is 2. The third kappa shape index (κ3) is 3.29. The summed E-state index contributed by atoms with van der Waals surface area (Å²) < 4.78 is 12.2. The van der Waals surface area contributed by atoms with E-state index < -0.39 is 5.79 Å². The van der Waals surface area contributed by atoms with Crippen LogP contribution < -0.4 is 0 Å². The van der Waals surface area contributed by atoms with Crippen LogP contribution in [0.4, 0.5) is 0 Å². The molecule has 1 N–H and O–H groups in total. The van der Waals surface area contributed by atoms with Crippen LogP contribution in [-0.2, 0) is 9.47 Å². The SMILES string of the molecule is CC(CCC1OC(C)(C)OC1(C)C)C1CCC2C(O)CCCC12C. The van der Waals surface area contributed by atoms with Crippen LogP contribution in [0.15, 0.2) is 0 Å². The second kappa shape index (κ2) is 6.25. The highest BCUT2D eigenvalue weighted by molar-refractivity contribution is 5.02. The quantitative estimate of drug-likeness (QED) is 0.791. The molecule has 1 heterocycles. The first-order chi connectivity index (χ1) is 11.1. The van der Waals surface area contributed by atoms with Crippen LogP contribution in [0.2, 0.25) is 0 Å². The summed E-state index contributed by atoms with van der Waals surface area (Å²) in [5, 5.41) is 10.4. The molecule has 1 aliphatic heterocycles. The maximum absolute atomic E-state index is 10.4. The molecule has 24 heavy (non-hydrogen) atoms. The van der Waals surface area contributed by atoms with Crippen LogP contribution in [0, 0.1) is 23.2 Å². The lowest BCUT2D eigenvalue weighted by molar-refractivity contribution is -0.157. The molecule has 0 aromatic heterocycles. The summed E-state index contributed by atoms with van der Waals surface area (Å²) in [6.45, 7) is 13.2. The predicted molar refractivity (Wildman–Crippen MR) is 96.7 cm³/mol. The van der Waals surface area contributed by atoms with Gasteiger partial charge in [-0.3, -0.25) is 0 Å². The molecule has 3 rings (SSSR count). The van der Waals surface area contributed by atoms with Gasteiger partial charge in [0, 0.05) is 0 Å². The topological polar surface area (TPSA) is 38.7 Å². The molecule has 3 fully saturated rings. The van der Waals surface area contributed by atoms with Crippen molar-refractivity contribution >= 4 is 0 Å². The monoisotopic (exact) mass is 338 g/mol. The van der Waals surface area contributed by atoms with E-state index >= 15 is 0 Å². The highest BCUT2D eigenvalue weighted by Crippen LogP contribution is 2.58. The van der Waals surface area contributed by atoms with E-state index in [-0.39, 0.29) is 17.8 Å². The van der Waals surface area contributed by atoms with Gasteiger partial charge < -0.3 is 14.6 Å². The lowest BCUT2D eigenvalue weighted by Crippen LogP contribution is -2.41. The number of hydrogen-bond donors (Lipinski definition) is 1. The molecule has 0 radical (unpaired) electrons. The average molecular weight is 339 g/mol. The van der Waals surface area contributed by atoms with Gasteiger partial charge in [0.15, 0.2) is 5.79 Å². The Morgan fingerprint density at radius 2 is 1.79 bits per heavy atom. The van der Waals surface area contributed by atoms with E-state index in [0.717, 1.165) is 18.8 Å². The molecule has 0 aromatic rings. The van der Waals surface area contributed by atoms with Crippen LogP contribution >= 0.6 is 0 Å². The van der Waals surface area contributed by atoms with E-state index in [1.807, 2.05) is 13.8 Å². The van der Waals surface area contributed by atoms with Crippen LogP contribution in [0.5, 0.6) is 0 Å². The summed E-state index contributed by atoms with van der Waals surface area (Å²) in [5.41, 5.74) is 0.144. The van der Waals surface area contributed by atoms with Gasteiger partial charge in [-0.2, -0.15) is 0 Å². The molecule has 2 aliphatic carbocycles. The van der Waals surface area contributed by atoms with E-state index in [0.29, 0.717) is 17.3 Å². The van der Waals surface area contributed by atoms with Crippen LogP contribution in [-0.4, -0.2) is 28.7 Å². The molecule has 140 valence electrons. The van der Waals surface area contributed by atoms with Crippen molar-refractivity contribution in [3.05, 3.63) is 0 Å². The smallest absolute Gasteiger partial charge is 0.164 e. The Kier molecular flexibility index (Phi) is 4.86. The molecule has 2 saturated carbocycles. The molecular formula is C21H38O3. The standard InChI is InChI=1S/C21H38O3/c1-14(9-12-18-19(2,3)24-20(4,5)23-18)15-10-11-16-17(22)8-7-13-21(15,16)6/h14-18,22H,7-13H2,1-6H3. The summed E-state index contributed by atoms with van der Waals surface area (Å²) in [6.07, 6.45) is 8.38. The third-order valence-electron chi connectivity index (χ3n) is 7.44. The van der Waals surface area contributed by atoms with Crippen molar-refractivity contribution in [3.8, 4) is 0 Å². The fourth-order valence-electron chi connectivity index (χ4n) is 6.35. The highest BCUT2D eigenvalue weighted by Gasteiger charge is 2.52. The average Bonchev–Trinajstić information content (AvgIpc) is 2.90. The number of aliphatic hydroxyl groups is 1. The molecule has 3 aliphatic rings. The summed E-state index contributed by atoms with van der Waals surface area (Å²) in [7, 11) is 0. The molecule has 3 nitrogen and oxygen atoms in total. The molecule has 1 saturated heterocycles. The molecular weight excluding hydrogens is 300 g/mol. The van der Waals surface area contributed by atoms with Gasteiger partial charge in [0.1, 0.15) is 0 Å². The Bertz CT molecular complexity index is 458. The van der Waals surface area contributed by atoms with Crippen molar-refractivity contribution in [2.24, 2.45) is 23.2 Å². The minimum Gasteiger partial charge on any atom is -0.393 e. The van der Waals surface area contributed by atoms with E-state index in [4.69, 9.17) is 9.47 Å². The van der Waals surface area contributed by atoms with E-state index in [2.05, 4.69) is 27.7 Å². The number of aliphatic hydroxyl groups excluding tert-OH is 1. The zero-order valence-corrected chi connectivity index (χ0v) is 16.6. The lowest BCUT2D eigenvalue weighted by Gasteiger charge is -2.45. The van der Waals surface area contributed by atoms with Gasteiger partial charge in [-0.15, -0.1) is 0 Å². The largest absolute Gasteiger partial charge is 0.393 e. The fraction of sp³-hybridized carbons (Fsp3) is 1.00. The van der Waals surface area contributed by atoms with Gasteiger partial charge in [0.2, 0.25) is 0 Å². The van der Waals surface area contributed by atoms with Crippen molar-refractivity contribution in [3.63, 3.8) is 0 Å². The summed E-state index contributed by atoms with van der Waals surface area (Å²) >= 11 is 0. The second-order valence-electron chi connectivity index (χ2n) is 10.0. The summed E-state index contributed by atoms with van der Waals surface area (Å²) in [6, 6.07) is 0. The zero-order valence-electron chi connectivity index (χ0n) is 16.6. The number of rotatable bonds is 4. The van der Waals surface area contributed by atoms with Crippen LogP contribution in [0.3, 0.4) is 0 Å². The van der Waals surface area contributed by atoms with Gasteiger partial charge in [0.25, 0.3) is 0 Å². The summed E-state index contributed by atoms with van der Waals surface area (Å²) in [5.74, 6) is 1.50. The molecule has 6 atom stereocenters. The summed E-state index contributed by atoms with van der Waals surface area (Å²) in [4.78, 5) is 0. The van der Waals surface area contributed by atoms with Gasteiger partial charge in [-0.05, 0) is 89.4 Å². The van der Waals surface area contributed by atoms with Crippen molar-refractivity contribution in [1.82, 2.24) is 0 Å². The minimum atomic E-state index is -0.463. The van der Waals surface area contributed by atoms with Gasteiger partial charge >= 0.3 is 0 Å². The lowest BCUT2D eigenvalue weighted by atomic mass is 9.61. The first kappa shape index (κ1) is 18.7. The molecule has 0 bridgehead atoms. The number of fused-ring (bicyclic) bond motifs is 1. The maximum atomic E-state index is 10.4. The molecule has 0 aromatic carbocycles. The Balaban J connectivity index is 1.61. The van der Waals surface area contributed by atoms with Gasteiger partial charge in [0.05, 0.1) is 17.8 Å². The van der Waals surface area contributed by atoms with Gasteiger partial charge in [-0.25, -0.2) is 0 Å². The van der Waals surface area contributed by atoms with Crippen LogP contribution in [0.1, 0.15) is 86.5 Å². The van der Waals surface area contributed by atoms with E-state index in [1.165, 1.54) is 32.1 Å². The molecule has 0 spiro atoms. The van der Waals surface area contributed by atoms with Crippen LogP contribution in [0.25, 0.3) is 0 Å². The van der Waals surface area contributed by atoms with Crippen molar-refractivity contribution in [2.45, 2.75) is 110 Å². The normalized spacial score (nSPS) is 45.1. The van der Waals surface area contributed by atoms with E-state index in [1.54, 1.807) is 0 Å². The molecule has 6 unspecified atom stereocenters. The minimum absolute atomic E-state index is 0.0627. The fourth-order valence-corrected chi connectivity index (χ4v) is 6.35. The first-order valence-electron chi connectivity index (χ1n) is 10.1. The predicted octanol–water partition coefficient (Wildman–Crippen LogP) is 4.91. The van der Waals surface area contributed by atoms with Crippen molar-refractivity contribution in [2.75, 3.05) is 0 Å². The number of hydrogen-bond acceptors (Lipinski definition) is 3. The maximum Gasteiger partial charge on any atom is 0.164 e. The van der Waals surface area contributed by atoms with E-state index in [9.17, 15) is 5.11 Å².